The molecular formula is C21H24N2O5. The Kier molecular flexibility index (Phi) is 6.41. The summed E-state index contributed by atoms with van der Waals surface area (Å²) in [7, 11) is 2.80. The van der Waals surface area contributed by atoms with E-state index in [0.717, 1.165) is 5.56 Å². The highest BCUT2D eigenvalue weighted by atomic mass is 16.5. The number of ether oxygens (including phenoxy) is 2. The van der Waals surface area contributed by atoms with E-state index in [0.29, 0.717) is 22.7 Å². The topological polar surface area (TPSA) is 93.7 Å². The normalized spacial score (nSPS) is 10.8. The number of amides is 2. The summed E-state index contributed by atoms with van der Waals surface area (Å²) in [6.07, 6.45) is 0. The van der Waals surface area contributed by atoms with Gasteiger partial charge in [0.2, 0.25) is 11.8 Å². The highest BCUT2D eigenvalue weighted by molar-refractivity contribution is 6.14. The quantitative estimate of drug-likeness (QED) is 0.588. The van der Waals surface area contributed by atoms with Crippen molar-refractivity contribution >= 4 is 29.2 Å². The van der Waals surface area contributed by atoms with Gasteiger partial charge in [0, 0.05) is 5.69 Å². The van der Waals surface area contributed by atoms with Gasteiger partial charge in [0.05, 0.1) is 25.5 Å². The number of anilines is 2. The summed E-state index contributed by atoms with van der Waals surface area (Å²) >= 11 is 0. The van der Waals surface area contributed by atoms with Gasteiger partial charge in [-0.05, 0) is 62.7 Å². The molecule has 2 rings (SSSR count). The fourth-order valence-electron chi connectivity index (χ4n) is 2.40. The summed E-state index contributed by atoms with van der Waals surface area (Å²) in [6.45, 7) is 4.95. The minimum absolute atomic E-state index is 0.365. The number of carbonyl (C=O) groups excluding carboxylic acids is 3. The molecule has 2 aromatic rings. The summed E-state index contributed by atoms with van der Waals surface area (Å²) in [5.41, 5.74) is 0.922. The number of esters is 1. The van der Waals surface area contributed by atoms with E-state index in [1.807, 2.05) is 13.0 Å². The molecule has 28 heavy (non-hydrogen) atoms. The fraction of sp³-hybridized carbons (Fsp3) is 0.286. The molecule has 0 fully saturated rings. The first-order valence-corrected chi connectivity index (χ1v) is 8.65. The number of carbonyl (C=O) groups is 3. The van der Waals surface area contributed by atoms with Crippen molar-refractivity contribution in [1.29, 1.82) is 0 Å². The SMILES string of the molecule is COC(=O)c1ccc(NC(=O)C(C)(C)C(=O)Nc2cc(C)ccc2OC)cc1. The van der Waals surface area contributed by atoms with Crippen LogP contribution in [0.5, 0.6) is 5.75 Å². The second kappa shape index (κ2) is 8.56. The van der Waals surface area contributed by atoms with E-state index in [4.69, 9.17) is 4.74 Å². The Bertz CT molecular complexity index is 888. The van der Waals surface area contributed by atoms with Crippen LogP contribution in [-0.2, 0) is 14.3 Å². The van der Waals surface area contributed by atoms with Crippen LogP contribution in [0.25, 0.3) is 0 Å². The number of hydrogen-bond donors (Lipinski definition) is 2. The van der Waals surface area contributed by atoms with Gasteiger partial charge in [-0.1, -0.05) is 6.07 Å². The predicted molar refractivity (Wildman–Crippen MR) is 107 cm³/mol. The Morgan fingerprint density at radius 1 is 0.893 bits per heavy atom. The van der Waals surface area contributed by atoms with E-state index >= 15 is 0 Å². The maximum Gasteiger partial charge on any atom is 0.337 e. The van der Waals surface area contributed by atoms with Crippen molar-refractivity contribution in [3.05, 3.63) is 53.6 Å². The van der Waals surface area contributed by atoms with Gasteiger partial charge < -0.3 is 20.1 Å². The van der Waals surface area contributed by atoms with Crippen LogP contribution in [-0.4, -0.2) is 32.0 Å². The molecule has 0 heterocycles. The zero-order valence-corrected chi connectivity index (χ0v) is 16.6. The lowest BCUT2D eigenvalue weighted by atomic mass is 9.90. The van der Waals surface area contributed by atoms with Gasteiger partial charge in [-0.2, -0.15) is 0 Å². The molecule has 0 aliphatic heterocycles. The highest BCUT2D eigenvalue weighted by Gasteiger charge is 2.36. The highest BCUT2D eigenvalue weighted by Crippen LogP contribution is 2.28. The van der Waals surface area contributed by atoms with Crippen molar-refractivity contribution < 1.29 is 23.9 Å². The molecule has 0 radical (unpaired) electrons. The average molecular weight is 384 g/mol. The summed E-state index contributed by atoms with van der Waals surface area (Å²) in [5.74, 6) is -0.916. The third-order valence-corrected chi connectivity index (χ3v) is 4.30. The first-order chi connectivity index (χ1) is 13.2. The van der Waals surface area contributed by atoms with Crippen LogP contribution in [0.4, 0.5) is 11.4 Å². The van der Waals surface area contributed by atoms with E-state index in [1.54, 1.807) is 24.3 Å². The molecule has 2 N–H and O–H groups in total. The third kappa shape index (κ3) is 4.68. The maximum atomic E-state index is 12.7. The van der Waals surface area contributed by atoms with E-state index < -0.39 is 23.2 Å². The first-order valence-electron chi connectivity index (χ1n) is 8.65. The van der Waals surface area contributed by atoms with Crippen LogP contribution >= 0.6 is 0 Å². The summed E-state index contributed by atoms with van der Waals surface area (Å²) in [5, 5.41) is 5.44. The standard InChI is InChI=1S/C21H24N2O5/c1-13-6-11-17(27-4)16(12-13)23-20(26)21(2,3)19(25)22-15-9-7-14(8-10-15)18(24)28-5/h6-12H,1-5H3,(H,22,25)(H,23,26). The smallest absolute Gasteiger partial charge is 0.337 e. The Morgan fingerprint density at radius 3 is 2.07 bits per heavy atom. The Balaban J connectivity index is 2.12. The molecule has 0 bridgehead atoms. The Morgan fingerprint density at radius 2 is 1.50 bits per heavy atom. The lowest BCUT2D eigenvalue weighted by molar-refractivity contribution is -0.135. The predicted octanol–water partition coefficient (Wildman–Crippen LogP) is 3.39. The number of benzene rings is 2. The lowest BCUT2D eigenvalue weighted by Gasteiger charge is -2.23. The molecule has 2 amide bonds. The Hall–Kier alpha value is -3.35. The van der Waals surface area contributed by atoms with Crippen molar-refractivity contribution in [1.82, 2.24) is 0 Å². The molecule has 0 aliphatic carbocycles. The average Bonchev–Trinajstić information content (AvgIpc) is 2.68. The Labute approximate surface area is 164 Å². The van der Waals surface area contributed by atoms with Gasteiger partial charge in [-0.3, -0.25) is 9.59 Å². The monoisotopic (exact) mass is 384 g/mol. The molecule has 0 atom stereocenters. The van der Waals surface area contributed by atoms with Gasteiger partial charge in [-0.15, -0.1) is 0 Å². The second-order valence-electron chi connectivity index (χ2n) is 6.81. The lowest BCUT2D eigenvalue weighted by Crippen LogP contribution is -2.41. The molecule has 0 aromatic heterocycles. The molecule has 7 nitrogen and oxygen atoms in total. The zero-order valence-electron chi connectivity index (χ0n) is 16.6. The molecule has 0 spiro atoms. The van der Waals surface area contributed by atoms with Crippen LogP contribution < -0.4 is 15.4 Å². The van der Waals surface area contributed by atoms with Gasteiger partial charge in [0.25, 0.3) is 0 Å². The van der Waals surface area contributed by atoms with Crippen LogP contribution in [0.15, 0.2) is 42.5 Å². The number of hydrogen-bond acceptors (Lipinski definition) is 5. The number of aryl methyl sites for hydroxylation is 1. The van der Waals surface area contributed by atoms with Crippen LogP contribution in [0.1, 0.15) is 29.8 Å². The van der Waals surface area contributed by atoms with E-state index in [1.165, 1.54) is 40.2 Å². The number of methoxy groups -OCH3 is 2. The zero-order chi connectivity index (χ0) is 20.9. The molecule has 0 saturated heterocycles. The molecule has 2 aromatic carbocycles. The third-order valence-electron chi connectivity index (χ3n) is 4.30. The van der Waals surface area contributed by atoms with Gasteiger partial charge in [0.1, 0.15) is 11.2 Å². The van der Waals surface area contributed by atoms with Crippen molar-refractivity contribution in [2.24, 2.45) is 5.41 Å². The second-order valence-corrected chi connectivity index (χ2v) is 6.81. The van der Waals surface area contributed by atoms with E-state index in [2.05, 4.69) is 15.4 Å². The number of nitrogens with one attached hydrogen (secondary N) is 2. The van der Waals surface area contributed by atoms with Crippen molar-refractivity contribution in [2.45, 2.75) is 20.8 Å². The molecular weight excluding hydrogens is 360 g/mol. The molecule has 0 aliphatic rings. The van der Waals surface area contributed by atoms with Gasteiger partial charge >= 0.3 is 5.97 Å². The van der Waals surface area contributed by atoms with Gasteiger partial charge in [-0.25, -0.2) is 4.79 Å². The maximum absolute atomic E-state index is 12.7. The minimum atomic E-state index is -1.35. The molecule has 0 saturated carbocycles. The van der Waals surface area contributed by atoms with Crippen LogP contribution in [0, 0.1) is 12.3 Å². The van der Waals surface area contributed by atoms with Crippen molar-refractivity contribution in [3.8, 4) is 5.75 Å². The fourth-order valence-corrected chi connectivity index (χ4v) is 2.40. The largest absolute Gasteiger partial charge is 0.495 e. The molecule has 7 heteroatoms. The number of rotatable bonds is 6. The summed E-state index contributed by atoms with van der Waals surface area (Å²) < 4.78 is 9.89. The molecule has 0 unspecified atom stereocenters. The summed E-state index contributed by atoms with van der Waals surface area (Å²) in [4.78, 5) is 36.9. The molecule has 148 valence electrons. The van der Waals surface area contributed by atoms with Gasteiger partial charge in [0.15, 0.2) is 0 Å². The summed E-state index contributed by atoms with van der Waals surface area (Å²) in [6, 6.07) is 11.6. The van der Waals surface area contributed by atoms with Crippen molar-refractivity contribution in [3.63, 3.8) is 0 Å². The first kappa shape index (κ1) is 21.0. The van der Waals surface area contributed by atoms with Crippen LogP contribution in [0.3, 0.4) is 0 Å². The van der Waals surface area contributed by atoms with E-state index in [-0.39, 0.29) is 0 Å². The van der Waals surface area contributed by atoms with Crippen molar-refractivity contribution in [2.75, 3.05) is 24.9 Å². The van der Waals surface area contributed by atoms with Crippen LogP contribution in [0.2, 0.25) is 0 Å². The minimum Gasteiger partial charge on any atom is -0.495 e. The van der Waals surface area contributed by atoms with E-state index in [9.17, 15) is 14.4 Å².